The molecule has 1 atom stereocenters. The van der Waals surface area contributed by atoms with E-state index in [2.05, 4.69) is 215 Å². The molecule has 1 unspecified atom stereocenters. The first kappa shape index (κ1) is 77.2. The Morgan fingerprint density at radius 2 is 0.434 bits per heavy atom. The first-order chi connectivity index (χ1) is 41.0. The maximum Gasteiger partial charge on any atom is 0.306 e. The predicted octanol–water partition coefficient (Wildman–Crippen LogP) is 23.0. The van der Waals surface area contributed by atoms with Gasteiger partial charge in [-0.1, -0.05) is 267 Å². The third-order valence-electron chi connectivity index (χ3n) is 13.1. The van der Waals surface area contributed by atoms with E-state index in [0.717, 1.165) is 199 Å². The Hall–Kier alpha value is -5.75. The van der Waals surface area contributed by atoms with Gasteiger partial charge in [-0.3, -0.25) is 14.4 Å². The molecule has 0 aliphatic heterocycles. The van der Waals surface area contributed by atoms with Crippen LogP contribution in [0.25, 0.3) is 0 Å². The lowest BCUT2D eigenvalue weighted by Crippen LogP contribution is -2.30. The van der Waals surface area contributed by atoms with Crippen molar-refractivity contribution < 1.29 is 28.6 Å². The summed E-state index contributed by atoms with van der Waals surface area (Å²) in [6.07, 6.45) is 104. The van der Waals surface area contributed by atoms with Gasteiger partial charge in [0.25, 0.3) is 0 Å². The minimum atomic E-state index is -0.821. The van der Waals surface area contributed by atoms with Crippen LogP contribution in [-0.4, -0.2) is 37.2 Å². The molecule has 0 fully saturated rings. The van der Waals surface area contributed by atoms with Crippen LogP contribution in [0, 0.1) is 0 Å². The fourth-order valence-electron chi connectivity index (χ4n) is 8.26. The maximum atomic E-state index is 12.9. The van der Waals surface area contributed by atoms with Crippen LogP contribution in [0.1, 0.15) is 252 Å². The van der Waals surface area contributed by atoms with E-state index >= 15 is 0 Å². The molecule has 0 aromatic heterocycles. The second kappa shape index (κ2) is 68.7. The molecular formula is C77H118O6. The summed E-state index contributed by atoms with van der Waals surface area (Å²) in [7, 11) is 0. The minimum Gasteiger partial charge on any atom is -0.462 e. The Kier molecular flexibility index (Phi) is 64.0. The zero-order valence-electron chi connectivity index (χ0n) is 52.9. The smallest absolute Gasteiger partial charge is 0.306 e. The van der Waals surface area contributed by atoms with Crippen LogP contribution in [-0.2, 0) is 28.6 Å². The highest BCUT2D eigenvalue weighted by Gasteiger charge is 2.19. The Labute approximate surface area is 509 Å². The van der Waals surface area contributed by atoms with Gasteiger partial charge in [-0.25, -0.2) is 0 Å². The van der Waals surface area contributed by atoms with Gasteiger partial charge >= 0.3 is 17.9 Å². The summed E-state index contributed by atoms with van der Waals surface area (Å²) in [6.45, 7) is 6.23. The van der Waals surface area contributed by atoms with Gasteiger partial charge in [0, 0.05) is 19.3 Å². The maximum absolute atomic E-state index is 12.9. The second-order valence-electron chi connectivity index (χ2n) is 20.9. The molecule has 0 aliphatic rings. The van der Waals surface area contributed by atoms with Crippen LogP contribution in [0.4, 0.5) is 0 Å². The molecule has 0 N–H and O–H groups in total. The summed E-state index contributed by atoms with van der Waals surface area (Å²) in [5.41, 5.74) is 0. The third-order valence-corrected chi connectivity index (χ3v) is 13.1. The Bertz CT molecular complexity index is 1990. The van der Waals surface area contributed by atoms with E-state index in [9.17, 15) is 14.4 Å². The van der Waals surface area contributed by atoms with Crippen molar-refractivity contribution in [3.05, 3.63) is 194 Å². The Morgan fingerprint density at radius 1 is 0.241 bits per heavy atom. The normalized spacial score (nSPS) is 13.4. The van der Waals surface area contributed by atoms with Crippen molar-refractivity contribution in [2.24, 2.45) is 0 Å². The largest absolute Gasteiger partial charge is 0.462 e. The van der Waals surface area contributed by atoms with Crippen LogP contribution < -0.4 is 0 Å². The van der Waals surface area contributed by atoms with Gasteiger partial charge < -0.3 is 14.2 Å². The average Bonchev–Trinajstić information content (AvgIpc) is 3.49. The van der Waals surface area contributed by atoms with E-state index in [4.69, 9.17) is 14.2 Å². The summed E-state index contributed by atoms with van der Waals surface area (Å²) >= 11 is 0. The number of ether oxygens (including phenoxy) is 3. The van der Waals surface area contributed by atoms with Gasteiger partial charge in [-0.15, -0.1) is 0 Å². The van der Waals surface area contributed by atoms with Gasteiger partial charge in [-0.05, 0) is 161 Å². The topological polar surface area (TPSA) is 78.9 Å². The number of hydrogen-bond donors (Lipinski definition) is 0. The molecule has 0 aromatic carbocycles. The average molecular weight is 1140 g/mol. The molecule has 6 nitrogen and oxygen atoms in total. The number of esters is 3. The molecule has 83 heavy (non-hydrogen) atoms. The van der Waals surface area contributed by atoms with E-state index in [-0.39, 0.29) is 37.5 Å². The molecule has 0 aromatic rings. The van der Waals surface area contributed by atoms with Gasteiger partial charge in [-0.2, -0.15) is 0 Å². The molecule has 0 amide bonds. The lowest BCUT2D eigenvalue weighted by Gasteiger charge is -2.18. The van der Waals surface area contributed by atoms with E-state index < -0.39 is 6.10 Å². The standard InChI is InChI=1S/C77H118O6/c1-4-7-10-13-16-19-22-25-28-31-33-34-35-36-37-38-39-40-41-42-44-46-49-52-55-58-61-64-67-70-76(79)82-73-74(72-81-75(78)69-66-63-60-57-54-51-48-45-30-27-24-21-18-15-12-9-6-3)83-77(80)71-68-65-62-59-56-53-50-47-43-32-29-26-23-20-17-14-11-8-5-2/h7-12,16-21,25-30,33-34,36-37,39-40,42-44,47-49,51-52,74H,4-6,13-15,22-24,31-32,35,38,41,45-46,50,53-73H2,1-3H3/b10-7-,11-8-,12-9-,19-16-,20-17-,21-18-,28-25-,29-26-,30-27-,34-33-,37-36-,40-39-,44-42-,47-43-,51-48-,52-49-. The summed E-state index contributed by atoms with van der Waals surface area (Å²) in [5.74, 6) is -0.984. The van der Waals surface area contributed by atoms with Crippen LogP contribution >= 0.6 is 0 Å². The molecule has 462 valence electrons. The summed E-state index contributed by atoms with van der Waals surface area (Å²) < 4.78 is 16.9. The van der Waals surface area contributed by atoms with Gasteiger partial charge in [0.05, 0.1) is 0 Å². The van der Waals surface area contributed by atoms with Crippen LogP contribution in [0.2, 0.25) is 0 Å². The van der Waals surface area contributed by atoms with Crippen LogP contribution in [0.3, 0.4) is 0 Å². The summed E-state index contributed by atoms with van der Waals surface area (Å²) in [6, 6.07) is 0. The highest BCUT2D eigenvalue weighted by Crippen LogP contribution is 2.13. The third kappa shape index (κ3) is 66.9. The highest BCUT2D eigenvalue weighted by atomic mass is 16.6. The molecule has 0 saturated heterocycles. The number of rotatable bonds is 57. The van der Waals surface area contributed by atoms with Crippen molar-refractivity contribution in [2.75, 3.05) is 13.2 Å². The Balaban J connectivity index is 4.51. The fraction of sp³-hybridized carbons (Fsp3) is 0.545. The van der Waals surface area contributed by atoms with Crippen LogP contribution in [0.15, 0.2) is 194 Å². The predicted molar refractivity (Wildman–Crippen MR) is 361 cm³/mol. The molecule has 0 aliphatic carbocycles. The molecule has 0 saturated carbocycles. The Morgan fingerprint density at radius 3 is 0.675 bits per heavy atom. The van der Waals surface area contributed by atoms with Crippen molar-refractivity contribution in [3.63, 3.8) is 0 Å². The molecular weight excluding hydrogens is 1020 g/mol. The minimum absolute atomic E-state index is 0.115. The SMILES string of the molecule is CC/C=C\C/C=C\C/C=C\C/C=C\C/C=C\C/C=C\C/C=C\C/C=C\CCCCCCC(=O)OCC(COC(=O)CCCCCC/C=C\C/C=C\C/C=C\C/C=C\CC)OC(=O)CCCCCCCC/C=C\C/C=C\C/C=C\C/C=C\CC. The first-order valence-electron chi connectivity index (χ1n) is 32.9. The van der Waals surface area contributed by atoms with E-state index in [0.29, 0.717) is 12.8 Å². The molecule has 0 spiro atoms. The number of hydrogen-bond acceptors (Lipinski definition) is 6. The van der Waals surface area contributed by atoms with Crippen molar-refractivity contribution in [1.82, 2.24) is 0 Å². The van der Waals surface area contributed by atoms with Gasteiger partial charge in [0.2, 0.25) is 0 Å². The van der Waals surface area contributed by atoms with Crippen molar-refractivity contribution in [1.29, 1.82) is 0 Å². The van der Waals surface area contributed by atoms with E-state index in [1.165, 1.54) is 12.8 Å². The summed E-state index contributed by atoms with van der Waals surface area (Å²) in [5, 5.41) is 0. The molecule has 6 heteroatoms. The zero-order valence-corrected chi connectivity index (χ0v) is 52.9. The lowest BCUT2D eigenvalue weighted by molar-refractivity contribution is -0.167. The van der Waals surface area contributed by atoms with Gasteiger partial charge in [0.1, 0.15) is 13.2 Å². The molecule has 0 bridgehead atoms. The van der Waals surface area contributed by atoms with E-state index in [1.807, 2.05) is 0 Å². The number of carbonyl (C=O) groups excluding carboxylic acids is 3. The molecule has 0 radical (unpaired) electrons. The van der Waals surface area contributed by atoms with Crippen molar-refractivity contribution >= 4 is 17.9 Å². The first-order valence-corrected chi connectivity index (χ1v) is 32.9. The lowest BCUT2D eigenvalue weighted by atomic mass is 10.1. The zero-order chi connectivity index (χ0) is 59.9. The monoisotopic (exact) mass is 1140 g/mol. The van der Waals surface area contributed by atoms with E-state index in [1.54, 1.807) is 0 Å². The summed E-state index contributed by atoms with van der Waals surface area (Å²) in [4.78, 5) is 38.4. The molecule has 0 heterocycles. The highest BCUT2D eigenvalue weighted by molar-refractivity contribution is 5.71. The number of unbranched alkanes of at least 4 members (excludes halogenated alkanes) is 14. The molecule has 0 rings (SSSR count). The number of carbonyl (C=O) groups is 3. The fourth-order valence-corrected chi connectivity index (χ4v) is 8.26. The number of allylic oxidation sites excluding steroid dienone is 32. The van der Waals surface area contributed by atoms with Gasteiger partial charge in [0.15, 0.2) is 6.10 Å². The van der Waals surface area contributed by atoms with Crippen molar-refractivity contribution in [2.45, 2.75) is 258 Å². The van der Waals surface area contributed by atoms with Crippen molar-refractivity contribution in [3.8, 4) is 0 Å². The quantitative estimate of drug-likeness (QED) is 0.0261. The van der Waals surface area contributed by atoms with Crippen LogP contribution in [0.5, 0.6) is 0 Å². The second-order valence-corrected chi connectivity index (χ2v) is 20.9.